The molecule has 0 bridgehead atoms. The highest BCUT2D eigenvalue weighted by Gasteiger charge is 2.31. The maximum atomic E-state index is 14.5. The van der Waals surface area contributed by atoms with Crippen LogP contribution in [0.4, 0.5) is 8.78 Å². The molecular formula is C28H30F2NO2+. The van der Waals surface area contributed by atoms with E-state index in [-0.39, 0.29) is 17.5 Å². The van der Waals surface area contributed by atoms with Crippen molar-refractivity contribution in [2.75, 3.05) is 20.8 Å². The molecule has 0 unspecified atom stereocenters. The van der Waals surface area contributed by atoms with E-state index in [1.165, 1.54) is 23.8 Å². The zero-order valence-electron chi connectivity index (χ0n) is 19.8. The number of ether oxygens (including phenoxy) is 2. The third-order valence-corrected chi connectivity index (χ3v) is 6.27. The van der Waals surface area contributed by atoms with Crippen LogP contribution in [0, 0.1) is 11.6 Å². The van der Waals surface area contributed by atoms with Crippen LogP contribution < -0.4 is 9.47 Å². The van der Waals surface area contributed by atoms with Crippen LogP contribution in [0.2, 0.25) is 0 Å². The average Bonchev–Trinajstić information content (AvgIpc) is 2.79. The van der Waals surface area contributed by atoms with Crippen LogP contribution in [0.25, 0.3) is 0 Å². The highest BCUT2D eigenvalue weighted by Crippen LogP contribution is 2.34. The van der Waals surface area contributed by atoms with Crippen LogP contribution in [0.3, 0.4) is 0 Å². The van der Waals surface area contributed by atoms with Gasteiger partial charge in [-0.25, -0.2) is 13.4 Å². The van der Waals surface area contributed by atoms with Crippen molar-refractivity contribution < 1.29 is 22.8 Å². The van der Waals surface area contributed by atoms with Crippen molar-refractivity contribution >= 4 is 5.71 Å². The zero-order chi connectivity index (χ0) is 23.8. The molecule has 1 aliphatic heterocycles. The van der Waals surface area contributed by atoms with E-state index in [0.29, 0.717) is 18.0 Å². The van der Waals surface area contributed by atoms with E-state index in [1.54, 1.807) is 14.2 Å². The van der Waals surface area contributed by atoms with Crippen LogP contribution in [-0.2, 0) is 18.4 Å². The van der Waals surface area contributed by atoms with E-state index in [1.807, 2.05) is 12.1 Å². The second-order valence-corrected chi connectivity index (χ2v) is 9.41. The van der Waals surface area contributed by atoms with Crippen molar-refractivity contribution in [1.29, 1.82) is 0 Å². The molecule has 0 aromatic heterocycles. The Morgan fingerprint density at radius 3 is 2.06 bits per heavy atom. The van der Waals surface area contributed by atoms with Crippen LogP contribution >= 0.6 is 0 Å². The van der Waals surface area contributed by atoms with Gasteiger partial charge in [0.05, 0.1) is 25.3 Å². The van der Waals surface area contributed by atoms with Gasteiger partial charge in [0.15, 0.2) is 18.0 Å². The molecule has 4 rings (SSSR count). The molecule has 33 heavy (non-hydrogen) atoms. The lowest BCUT2D eigenvalue weighted by atomic mass is 9.85. The van der Waals surface area contributed by atoms with Crippen LogP contribution in [-0.4, -0.2) is 31.1 Å². The van der Waals surface area contributed by atoms with Crippen molar-refractivity contribution in [3.8, 4) is 11.5 Å². The summed E-state index contributed by atoms with van der Waals surface area (Å²) in [4.78, 5) is 0. The Balaban J connectivity index is 1.91. The second kappa shape index (κ2) is 8.97. The van der Waals surface area contributed by atoms with Gasteiger partial charge in [0.1, 0.15) is 18.2 Å². The lowest BCUT2D eigenvalue weighted by molar-refractivity contribution is -0.544. The summed E-state index contributed by atoms with van der Waals surface area (Å²) in [6, 6.07) is 16.4. The minimum absolute atomic E-state index is 0.0280. The topological polar surface area (TPSA) is 21.5 Å². The first kappa shape index (κ1) is 23.0. The van der Waals surface area contributed by atoms with Gasteiger partial charge in [-0.3, -0.25) is 0 Å². The maximum Gasteiger partial charge on any atom is 0.215 e. The minimum Gasteiger partial charge on any atom is -0.493 e. The van der Waals surface area contributed by atoms with Gasteiger partial charge in [0.2, 0.25) is 5.71 Å². The normalized spacial score (nSPS) is 13.7. The van der Waals surface area contributed by atoms with Gasteiger partial charge in [0, 0.05) is 12.0 Å². The summed E-state index contributed by atoms with van der Waals surface area (Å²) in [7, 11) is 3.23. The van der Waals surface area contributed by atoms with Gasteiger partial charge >= 0.3 is 0 Å². The van der Waals surface area contributed by atoms with Gasteiger partial charge in [-0.2, -0.15) is 0 Å². The molecular weight excluding hydrogens is 420 g/mol. The van der Waals surface area contributed by atoms with Crippen molar-refractivity contribution in [1.82, 2.24) is 0 Å². The molecule has 3 nitrogen and oxygen atoms in total. The Morgan fingerprint density at radius 1 is 0.879 bits per heavy atom. The fourth-order valence-corrected chi connectivity index (χ4v) is 4.38. The standard InChI is InChI=1S/C28H30F2NO2/c1-28(2,3)20-11-9-18(10-12-20)27-21-16-26(33-5)25(32-4)15-19(21)13-14-31(27)17-22-23(29)7-6-8-24(22)30/h6-12,15-16H,13-14,17H2,1-5H3/q+1. The van der Waals surface area contributed by atoms with E-state index in [9.17, 15) is 8.78 Å². The van der Waals surface area contributed by atoms with E-state index < -0.39 is 11.6 Å². The third-order valence-electron chi connectivity index (χ3n) is 6.27. The van der Waals surface area contributed by atoms with Crippen molar-refractivity contribution in [2.45, 2.75) is 39.2 Å². The molecule has 0 amide bonds. The lowest BCUT2D eigenvalue weighted by Crippen LogP contribution is -2.31. The van der Waals surface area contributed by atoms with Gasteiger partial charge in [-0.1, -0.05) is 39.0 Å². The number of nitrogens with zero attached hydrogens (tertiary/aromatic N) is 1. The Bertz CT molecular complexity index is 1190. The fraction of sp³-hybridized carbons (Fsp3) is 0.321. The predicted molar refractivity (Wildman–Crippen MR) is 127 cm³/mol. The maximum absolute atomic E-state index is 14.5. The number of halogens is 2. The quantitative estimate of drug-likeness (QED) is 0.453. The number of rotatable bonds is 5. The molecule has 1 heterocycles. The van der Waals surface area contributed by atoms with Crippen LogP contribution in [0.5, 0.6) is 11.5 Å². The number of benzene rings is 3. The van der Waals surface area contributed by atoms with Crippen LogP contribution in [0.15, 0.2) is 54.6 Å². The SMILES string of the molecule is COc1cc2c(cc1OC)C(c1ccc(C(C)(C)C)cc1)=[N+](Cc1c(F)cccc1F)CC2. The summed E-state index contributed by atoms with van der Waals surface area (Å²) in [6.45, 7) is 7.30. The number of hydrogen-bond acceptors (Lipinski definition) is 2. The summed E-state index contributed by atoms with van der Waals surface area (Å²) < 4.78 is 42.2. The number of fused-ring (bicyclic) bond motifs is 1. The molecule has 0 spiro atoms. The summed E-state index contributed by atoms with van der Waals surface area (Å²) in [5.74, 6) is 0.234. The smallest absolute Gasteiger partial charge is 0.215 e. The lowest BCUT2D eigenvalue weighted by Gasteiger charge is -2.22. The van der Waals surface area contributed by atoms with Gasteiger partial charge in [-0.05, 0) is 52.9 Å². The molecule has 3 aromatic rings. The van der Waals surface area contributed by atoms with Crippen LogP contribution in [0.1, 0.15) is 48.6 Å². The molecule has 0 N–H and O–H groups in total. The summed E-state index contributed by atoms with van der Waals surface area (Å²) in [5.41, 5.74) is 5.35. The summed E-state index contributed by atoms with van der Waals surface area (Å²) in [6.07, 6.45) is 0.731. The Hall–Kier alpha value is -3.21. The van der Waals surface area contributed by atoms with Gasteiger partial charge < -0.3 is 9.47 Å². The average molecular weight is 451 g/mol. The Morgan fingerprint density at radius 2 is 1.48 bits per heavy atom. The molecule has 1 aliphatic rings. The van der Waals surface area contributed by atoms with Gasteiger partial charge in [-0.15, -0.1) is 0 Å². The monoisotopic (exact) mass is 450 g/mol. The highest BCUT2D eigenvalue weighted by molar-refractivity contribution is 6.11. The molecule has 0 saturated carbocycles. The Labute approximate surface area is 194 Å². The van der Waals surface area contributed by atoms with E-state index in [2.05, 4.69) is 49.6 Å². The second-order valence-electron chi connectivity index (χ2n) is 9.41. The minimum atomic E-state index is -0.532. The van der Waals surface area contributed by atoms with Crippen molar-refractivity contribution in [3.63, 3.8) is 0 Å². The zero-order valence-corrected chi connectivity index (χ0v) is 19.8. The largest absolute Gasteiger partial charge is 0.493 e. The predicted octanol–water partition coefficient (Wildman–Crippen LogP) is 5.89. The number of methoxy groups -OCH3 is 2. The van der Waals surface area contributed by atoms with E-state index in [0.717, 1.165) is 28.8 Å². The molecule has 0 radical (unpaired) electrons. The summed E-state index contributed by atoms with van der Waals surface area (Å²) in [5, 5.41) is 0. The molecule has 3 aromatic carbocycles. The first-order valence-corrected chi connectivity index (χ1v) is 11.1. The first-order valence-electron chi connectivity index (χ1n) is 11.1. The Kier molecular flexibility index (Phi) is 6.24. The van der Waals surface area contributed by atoms with E-state index >= 15 is 0 Å². The molecule has 5 heteroatoms. The highest BCUT2D eigenvalue weighted by atomic mass is 19.1. The third kappa shape index (κ3) is 4.50. The molecule has 172 valence electrons. The van der Waals surface area contributed by atoms with Crippen molar-refractivity contribution in [3.05, 3.63) is 94.0 Å². The fourth-order valence-electron chi connectivity index (χ4n) is 4.38. The molecule has 0 atom stereocenters. The molecule has 0 aliphatic carbocycles. The summed E-state index contributed by atoms with van der Waals surface area (Å²) >= 11 is 0. The van der Waals surface area contributed by atoms with Gasteiger partial charge in [0.25, 0.3) is 0 Å². The first-order chi connectivity index (χ1) is 15.7. The van der Waals surface area contributed by atoms with Crippen molar-refractivity contribution in [2.24, 2.45) is 0 Å². The number of hydrogen-bond donors (Lipinski definition) is 0. The molecule has 0 saturated heterocycles. The molecule has 0 fully saturated rings. The van der Waals surface area contributed by atoms with E-state index in [4.69, 9.17) is 9.47 Å².